The SMILES string of the molecule is c1ccc2c(c1)CC2CNCC1CCCCCC1. The third kappa shape index (κ3) is 2.77. The maximum Gasteiger partial charge on any atom is 0.00235 e. The number of benzene rings is 1. The Balaban J connectivity index is 1.41. The number of rotatable bonds is 4. The molecule has 0 spiro atoms. The van der Waals surface area contributed by atoms with Gasteiger partial charge in [-0.3, -0.25) is 0 Å². The number of fused-ring (bicyclic) bond motifs is 1. The number of hydrogen-bond donors (Lipinski definition) is 1. The van der Waals surface area contributed by atoms with Crippen LogP contribution < -0.4 is 5.32 Å². The molecular formula is C17H25N. The van der Waals surface area contributed by atoms with Crippen molar-refractivity contribution in [2.24, 2.45) is 5.92 Å². The zero-order valence-corrected chi connectivity index (χ0v) is 11.3. The third-order valence-corrected chi connectivity index (χ3v) is 4.76. The molecule has 0 heterocycles. The first-order chi connectivity index (χ1) is 8.93. The molecule has 1 aromatic carbocycles. The van der Waals surface area contributed by atoms with Crippen molar-refractivity contribution in [2.75, 3.05) is 13.1 Å². The predicted octanol–water partition coefficient (Wildman–Crippen LogP) is 3.89. The lowest BCUT2D eigenvalue weighted by atomic mass is 9.77. The van der Waals surface area contributed by atoms with Gasteiger partial charge in [0.15, 0.2) is 0 Å². The molecule has 1 N–H and O–H groups in total. The zero-order valence-electron chi connectivity index (χ0n) is 11.3. The Kier molecular flexibility index (Phi) is 3.99. The Morgan fingerprint density at radius 2 is 1.72 bits per heavy atom. The van der Waals surface area contributed by atoms with E-state index in [-0.39, 0.29) is 0 Å². The second-order valence-electron chi connectivity index (χ2n) is 6.12. The van der Waals surface area contributed by atoms with Gasteiger partial charge in [-0.25, -0.2) is 0 Å². The van der Waals surface area contributed by atoms with Crippen molar-refractivity contribution in [1.82, 2.24) is 5.32 Å². The Hall–Kier alpha value is -0.820. The Morgan fingerprint density at radius 1 is 0.944 bits per heavy atom. The van der Waals surface area contributed by atoms with Gasteiger partial charge in [0.1, 0.15) is 0 Å². The van der Waals surface area contributed by atoms with E-state index in [1.165, 1.54) is 58.0 Å². The molecule has 0 saturated heterocycles. The van der Waals surface area contributed by atoms with Crippen LogP contribution in [0.3, 0.4) is 0 Å². The average molecular weight is 243 g/mol. The average Bonchev–Trinajstić information content (AvgIpc) is 2.63. The second-order valence-corrected chi connectivity index (χ2v) is 6.12. The van der Waals surface area contributed by atoms with E-state index in [9.17, 15) is 0 Å². The smallest absolute Gasteiger partial charge is 0.00235 e. The molecule has 1 atom stereocenters. The Labute approximate surface area is 111 Å². The molecule has 1 nitrogen and oxygen atoms in total. The molecule has 18 heavy (non-hydrogen) atoms. The van der Waals surface area contributed by atoms with Crippen LogP contribution >= 0.6 is 0 Å². The largest absolute Gasteiger partial charge is 0.316 e. The first-order valence-corrected chi connectivity index (χ1v) is 7.72. The molecule has 3 rings (SSSR count). The number of hydrogen-bond acceptors (Lipinski definition) is 1. The quantitative estimate of drug-likeness (QED) is 0.791. The minimum Gasteiger partial charge on any atom is -0.316 e. The highest BCUT2D eigenvalue weighted by molar-refractivity contribution is 5.40. The van der Waals surface area contributed by atoms with E-state index >= 15 is 0 Å². The van der Waals surface area contributed by atoms with Crippen molar-refractivity contribution in [2.45, 2.75) is 50.9 Å². The van der Waals surface area contributed by atoms with Gasteiger partial charge in [0.05, 0.1) is 0 Å². The fourth-order valence-corrected chi connectivity index (χ4v) is 3.57. The van der Waals surface area contributed by atoms with Gasteiger partial charge < -0.3 is 5.32 Å². The van der Waals surface area contributed by atoms with Crippen LogP contribution in [0.5, 0.6) is 0 Å². The van der Waals surface area contributed by atoms with E-state index in [1.807, 2.05) is 0 Å². The van der Waals surface area contributed by atoms with E-state index in [1.54, 1.807) is 11.1 Å². The highest BCUT2D eigenvalue weighted by Gasteiger charge is 2.24. The molecule has 0 radical (unpaired) electrons. The normalized spacial score (nSPS) is 24.1. The maximum absolute atomic E-state index is 3.73. The van der Waals surface area contributed by atoms with E-state index in [2.05, 4.69) is 29.6 Å². The molecule has 2 aliphatic carbocycles. The predicted molar refractivity (Wildman–Crippen MR) is 76.9 cm³/mol. The standard InChI is InChI=1S/C17H25N/c1-2-4-8-14(7-3-1)12-18-13-16-11-15-9-5-6-10-17(15)16/h5-6,9-10,14,16,18H,1-4,7-8,11-13H2. The van der Waals surface area contributed by atoms with Crippen LogP contribution in [0.15, 0.2) is 24.3 Å². The lowest BCUT2D eigenvalue weighted by Crippen LogP contribution is -2.32. The minimum absolute atomic E-state index is 0.784. The van der Waals surface area contributed by atoms with Gasteiger partial charge >= 0.3 is 0 Å². The molecule has 2 aliphatic rings. The van der Waals surface area contributed by atoms with Crippen LogP contribution in [0, 0.1) is 5.92 Å². The van der Waals surface area contributed by atoms with Gasteiger partial charge in [-0.05, 0) is 42.9 Å². The maximum atomic E-state index is 3.73. The summed E-state index contributed by atoms with van der Waals surface area (Å²) in [6.45, 7) is 2.44. The first kappa shape index (κ1) is 12.2. The van der Waals surface area contributed by atoms with Crippen LogP contribution in [0.1, 0.15) is 55.6 Å². The van der Waals surface area contributed by atoms with Crippen molar-refractivity contribution >= 4 is 0 Å². The molecule has 0 bridgehead atoms. The van der Waals surface area contributed by atoms with Crippen molar-refractivity contribution in [3.63, 3.8) is 0 Å². The molecule has 1 fully saturated rings. The molecule has 0 amide bonds. The van der Waals surface area contributed by atoms with Gasteiger partial charge in [-0.2, -0.15) is 0 Å². The zero-order chi connectivity index (χ0) is 12.2. The lowest BCUT2D eigenvalue weighted by molar-refractivity contribution is 0.410. The van der Waals surface area contributed by atoms with Gasteiger partial charge in [0.2, 0.25) is 0 Å². The van der Waals surface area contributed by atoms with E-state index in [4.69, 9.17) is 0 Å². The summed E-state index contributed by atoms with van der Waals surface area (Å²) in [5.41, 5.74) is 3.16. The number of nitrogens with one attached hydrogen (secondary N) is 1. The molecule has 1 unspecified atom stereocenters. The van der Waals surface area contributed by atoms with E-state index in [0.29, 0.717) is 0 Å². The Morgan fingerprint density at radius 3 is 2.50 bits per heavy atom. The summed E-state index contributed by atoms with van der Waals surface area (Å²) in [5.74, 6) is 1.73. The van der Waals surface area contributed by atoms with Crippen LogP contribution in [-0.4, -0.2) is 13.1 Å². The highest BCUT2D eigenvalue weighted by Crippen LogP contribution is 2.34. The van der Waals surface area contributed by atoms with E-state index < -0.39 is 0 Å². The van der Waals surface area contributed by atoms with Crippen molar-refractivity contribution in [3.8, 4) is 0 Å². The molecular weight excluding hydrogens is 218 g/mol. The highest BCUT2D eigenvalue weighted by atomic mass is 14.9. The molecule has 1 aromatic rings. The van der Waals surface area contributed by atoms with Gasteiger partial charge in [0, 0.05) is 12.5 Å². The van der Waals surface area contributed by atoms with Gasteiger partial charge in [0.25, 0.3) is 0 Å². The molecule has 1 saturated carbocycles. The van der Waals surface area contributed by atoms with E-state index in [0.717, 1.165) is 11.8 Å². The molecule has 1 heteroatoms. The summed E-state index contributed by atoms with van der Waals surface area (Å²) in [6, 6.07) is 8.91. The summed E-state index contributed by atoms with van der Waals surface area (Å²) in [6.07, 6.45) is 10.0. The van der Waals surface area contributed by atoms with Crippen molar-refractivity contribution in [3.05, 3.63) is 35.4 Å². The summed E-state index contributed by atoms with van der Waals surface area (Å²) in [4.78, 5) is 0. The van der Waals surface area contributed by atoms with Crippen molar-refractivity contribution in [1.29, 1.82) is 0 Å². The minimum atomic E-state index is 0.784. The van der Waals surface area contributed by atoms with Crippen LogP contribution in [0.2, 0.25) is 0 Å². The summed E-state index contributed by atoms with van der Waals surface area (Å²) in [5, 5.41) is 3.73. The monoisotopic (exact) mass is 243 g/mol. The Bertz CT molecular complexity index is 377. The fourth-order valence-electron chi connectivity index (χ4n) is 3.57. The first-order valence-electron chi connectivity index (χ1n) is 7.72. The van der Waals surface area contributed by atoms with Crippen molar-refractivity contribution < 1.29 is 0 Å². The fraction of sp³-hybridized carbons (Fsp3) is 0.647. The lowest BCUT2D eigenvalue weighted by Gasteiger charge is -2.30. The van der Waals surface area contributed by atoms with Gasteiger partial charge in [-0.1, -0.05) is 49.9 Å². The van der Waals surface area contributed by atoms with Crippen LogP contribution in [-0.2, 0) is 6.42 Å². The van der Waals surface area contributed by atoms with Crippen LogP contribution in [0.4, 0.5) is 0 Å². The third-order valence-electron chi connectivity index (χ3n) is 4.76. The summed E-state index contributed by atoms with van der Waals surface area (Å²) < 4.78 is 0. The topological polar surface area (TPSA) is 12.0 Å². The molecule has 0 aliphatic heterocycles. The second kappa shape index (κ2) is 5.88. The summed E-state index contributed by atoms with van der Waals surface area (Å²) in [7, 11) is 0. The van der Waals surface area contributed by atoms with Gasteiger partial charge in [-0.15, -0.1) is 0 Å². The van der Waals surface area contributed by atoms with Crippen LogP contribution in [0.25, 0.3) is 0 Å². The molecule has 0 aromatic heterocycles. The molecule has 98 valence electrons. The summed E-state index contributed by atoms with van der Waals surface area (Å²) >= 11 is 0.